The van der Waals surface area contributed by atoms with Crippen LogP contribution in [0, 0.1) is 17.2 Å². The predicted molar refractivity (Wildman–Crippen MR) is 46.4 cm³/mol. The van der Waals surface area contributed by atoms with Crippen molar-refractivity contribution in [2.24, 2.45) is 16.1 Å². The number of nitriles is 1. The lowest BCUT2D eigenvalue weighted by atomic mass is 9.87. The molecule has 1 aliphatic heterocycles. The summed E-state index contributed by atoms with van der Waals surface area (Å²) in [7, 11) is 0. The van der Waals surface area contributed by atoms with Gasteiger partial charge in [-0.1, -0.05) is 5.57 Å². The van der Waals surface area contributed by atoms with Crippen molar-refractivity contribution in [3.05, 3.63) is 11.3 Å². The maximum Gasteiger partial charge on any atom is 0.117 e. The van der Waals surface area contributed by atoms with Crippen molar-refractivity contribution in [1.29, 1.82) is 5.26 Å². The van der Waals surface area contributed by atoms with E-state index in [4.69, 9.17) is 5.26 Å². The molecular weight excluding hydrogens is 150 g/mol. The maximum atomic E-state index is 8.92. The van der Waals surface area contributed by atoms with E-state index >= 15 is 0 Å². The SMILES string of the molecule is CC(C)=C1N=NC(C)(C)C1C#N. The molecule has 0 aromatic heterocycles. The fourth-order valence-electron chi connectivity index (χ4n) is 1.24. The van der Waals surface area contributed by atoms with Crippen molar-refractivity contribution < 1.29 is 0 Å². The molecule has 0 bridgehead atoms. The summed E-state index contributed by atoms with van der Waals surface area (Å²) in [6.45, 7) is 7.78. The summed E-state index contributed by atoms with van der Waals surface area (Å²) in [5.41, 5.74) is 1.57. The summed E-state index contributed by atoms with van der Waals surface area (Å²) in [4.78, 5) is 0. The number of nitrogens with zero attached hydrogens (tertiary/aromatic N) is 3. The van der Waals surface area contributed by atoms with Crippen LogP contribution in [-0.2, 0) is 0 Å². The zero-order valence-electron chi connectivity index (χ0n) is 7.92. The summed E-state index contributed by atoms with van der Waals surface area (Å²) in [6, 6.07) is 2.24. The summed E-state index contributed by atoms with van der Waals surface area (Å²) < 4.78 is 0. The first-order chi connectivity index (χ1) is 5.49. The van der Waals surface area contributed by atoms with Gasteiger partial charge < -0.3 is 0 Å². The lowest BCUT2D eigenvalue weighted by Crippen LogP contribution is -2.24. The smallest absolute Gasteiger partial charge is 0.117 e. The van der Waals surface area contributed by atoms with E-state index in [1.165, 1.54) is 0 Å². The van der Waals surface area contributed by atoms with Gasteiger partial charge in [-0.3, -0.25) is 0 Å². The van der Waals surface area contributed by atoms with Crippen LogP contribution < -0.4 is 0 Å². The van der Waals surface area contributed by atoms with E-state index < -0.39 is 0 Å². The molecule has 0 N–H and O–H groups in total. The summed E-state index contributed by atoms with van der Waals surface area (Å²) >= 11 is 0. The molecule has 0 saturated carbocycles. The second-order valence-corrected chi connectivity index (χ2v) is 3.80. The minimum atomic E-state index is -0.346. The van der Waals surface area contributed by atoms with Gasteiger partial charge in [0.25, 0.3) is 0 Å². The largest absolute Gasteiger partial charge is 0.197 e. The standard InChI is InChI=1S/C9H13N3/c1-6(2)8-7(5-10)9(3,4)12-11-8/h7H,1-4H3. The monoisotopic (exact) mass is 163 g/mol. The molecule has 1 atom stereocenters. The van der Waals surface area contributed by atoms with Crippen molar-refractivity contribution in [3.8, 4) is 6.07 Å². The van der Waals surface area contributed by atoms with E-state index in [0.29, 0.717) is 0 Å². The Balaban J connectivity index is 3.11. The summed E-state index contributed by atoms with van der Waals surface area (Å²) in [6.07, 6.45) is 0. The third-order valence-corrected chi connectivity index (χ3v) is 2.04. The highest BCUT2D eigenvalue weighted by Crippen LogP contribution is 2.36. The topological polar surface area (TPSA) is 48.5 Å². The van der Waals surface area contributed by atoms with Gasteiger partial charge in [-0.05, 0) is 27.7 Å². The van der Waals surface area contributed by atoms with Gasteiger partial charge in [-0.25, -0.2) is 0 Å². The van der Waals surface area contributed by atoms with Crippen molar-refractivity contribution in [1.82, 2.24) is 0 Å². The Morgan fingerprint density at radius 2 is 2.08 bits per heavy atom. The molecule has 3 heteroatoms. The Labute approximate surface area is 72.8 Å². The van der Waals surface area contributed by atoms with Crippen LogP contribution in [-0.4, -0.2) is 5.54 Å². The highest BCUT2D eigenvalue weighted by Gasteiger charge is 2.38. The molecule has 64 valence electrons. The van der Waals surface area contributed by atoms with E-state index in [2.05, 4.69) is 16.3 Å². The minimum absolute atomic E-state index is 0.178. The fraction of sp³-hybridized carbons (Fsp3) is 0.667. The molecule has 0 radical (unpaired) electrons. The van der Waals surface area contributed by atoms with Gasteiger partial charge in [-0.2, -0.15) is 15.5 Å². The van der Waals surface area contributed by atoms with Gasteiger partial charge in [0, 0.05) is 0 Å². The molecule has 1 rings (SSSR count). The van der Waals surface area contributed by atoms with E-state index in [-0.39, 0.29) is 11.5 Å². The predicted octanol–water partition coefficient (Wildman–Crippen LogP) is 2.66. The van der Waals surface area contributed by atoms with Crippen molar-refractivity contribution in [2.45, 2.75) is 33.2 Å². The van der Waals surface area contributed by atoms with Crippen LogP contribution in [0.25, 0.3) is 0 Å². The minimum Gasteiger partial charge on any atom is -0.197 e. The quantitative estimate of drug-likeness (QED) is 0.541. The summed E-state index contributed by atoms with van der Waals surface area (Å²) in [5.74, 6) is -0.178. The Kier molecular flexibility index (Phi) is 2.01. The first-order valence-electron chi connectivity index (χ1n) is 3.99. The Hall–Kier alpha value is -1.17. The molecule has 1 unspecified atom stereocenters. The zero-order valence-corrected chi connectivity index (χ0v) is 7.92. The Morgan fingerprint density at radius 1 is 1.50 bits per heavy atom. The molecule has 0 fully saturated rings. The van der Waals surface area contributed by atoms with Crippen molar-refractivity contribution >= 4 is 0 Å². The van der Waals surface area contributed by atoms with Crippen LogP contribution >= 0.6 is 0 Å². The molecule has 1 aliphatic rings. The van der Waals surface area contributed by atoms with Gasteiger partial charge in [0.15, 0.2) is 0 Å². The second kappa shape index (κ2) is 2.71. The van der Waals surface area contributed by atoms with Crippen LogP contribution in [0.5, 0.6) is 0 Å². The molecule has 0 aliphatic carbocycles. The molecular formula is C9H13N3. The van der Waals surface area contributed by atoms with Crippen molar-refractivity contribution in [3.63, 3.8) is 0 Å². The third-order valence-electron chi connectivity index (χ3n) is 2.04. The first kappa shape index (κ1) is 8.92. The number of rotatable bonds is 0. The van der Waals surface area contributed by atoms with Gasteiger partial charge in [0.05, 0.1) is 17.3 Å². The van der Waals surface area contributed by atoms with Crippen LogP contribution in [0.1, 0.15) is 27.7 Å². The lowest BCUT2D eigenvalue weighted by molar-refractivity contribution is 0.465. The van der Waals surface area contributed by atoms with Crippen LogP contribution in [0.15, 0.2) is 21.5 Å². The average Bonchev–Trinajstić information content (AvgIpc) is 2.24. The van der Waals surface area contributed by atoms with E-state index in [1.54, 1.807) is 0 Å². The second-order valence-electron chi connectivity index (χ2n) is 3.80. The number of hydrogen-bond acceptors (Lipinski definition) is 3. The Bertz CT molecular complexity index is 287. The number of azo groups is 1. The van der Waals surface area contributed by atoms with Gasteiger partial charge in [0.2, 0.25) is 0 Å². The van der Waals surface area contributed by atoms with Gasteiger partial charge in [-0.15, -0.1) is 0 Å². The summed E-state index contributed by atoms with van der Waals surface area (Å²) in [5, 5.41) is 17.0. The maximum absolute atomic E-state index is 8.92. The van der Waals surface area contributed by atoms with Gasteiger partial charge in [0.1, 0.15) is 5.92 Å². The van der Waals surface area contributed by atoms with E-state index in [9.17, 15) is 0 Å². The molecule has 0 aromatic carbocycles. The molecule has 1 heterocycles. The fourth-order valence-corrected chi connectivity index (χ4v) is 1.24. The first-order valence-corrected chi connectivity index (χ1v) is 3.99. The number of hydrogen-bond donors (Lipinski definition) is 0. The molecule has 0 spiro atoms. The Morgan fingerprint density at radius 3 is 2.42 bits per heavy atom. The van der Waals surface area contributed by atoms with Crippen molar-refractivity contribution in [2.75, 3.05) is 0 Å². The molecule has 0 aromatic rings. The van der Waals surface area contributed by atoms with Crippen LogP contribution in [0.2, 0.25) is 0 Å². The normalized spacial score (nSPS) is 25.6. The molecule has 12 heavy (non-hydrogen) atoms. The van der Waals surface area contributed by atoms with Gasteiger partial charge >= 0.3 is 0 Å². The van der Waals surface area contributed by atoms with Crippen LogP contribution in [0.3, 0.4) is 0 Å². The average molecular weight is 163 g/mol. The highest BCUT2D eigenvalue weighted by molar-refractivity contribution is 5.26. The highest BCUT2D eigenvalue weighted by atomic mass is 15.2. The third kappa shape index (κ3) is 1.25. The molecule has 0 amide bonds. The zero-order chi connectivity index (χ0) is 9.35. The molecule has 3 nitrogen and oxygen atoms in total. The molecule has 0 saturated heterocycles. The lowest BCUT2D eigenvalue weighted by Gasteiger charge is -2.16. The van der Waals surface area contributed by atoms with E-state index in [0.717, 1.165) is 11.3 Å². The van der Waals surface area contributed by atoms with Crippen LogP contribution in [0.4, 0.5) is 0 Å². The number of allylic oxidation sites excluding steroid dienone is 1. The van der Waals surface area contributed by atoms with E-state index in [1.807, 2.05) is 27.7 Å².